The minimum atomic E-state index is -0.584. The van der Waals surface area contributed by atoms with E-state index in [4.69, 9.17) is 0 Å². The van der Waals surface area contributed by atoms with E-state index in [1.165, 1.54) is 16.9 Å². The highest BCUT2D eigenvalue weighted by Gasteiger charge is 2.18. The highest BCUT2D eigenvalue weighted by Crippen LogP contribution is 2.32. The normalized spacial score (nSPS) is 11.1. The van der Waals surface area contributed by atoms with Crippen LogP contribution in [0.2, 0.25) is 0 Å². The lowest BCUT2D eigenvalue weighted by molar-refractivity contribution is -0.389. The zero-order valence-electron chi connectivity index (χ0n) is 14.3. The highest BCUT2D eigenvalue weighted by atomic mass is 16.6. The molecule has 0 atom stereocenters. The van der Waals surface area contributed by atoms with Gasteiger partial charge in [0.1, 0.15) is 6.54 Å². The Morgan fingerprint density at radius 3 is 2.25 bits per heavy atom. The molecule has 7 nitrogen and oxygen atoms in total. The highest BCUT2D eigenvalue weighted by molar-refractivity contribution is 5.92. The molecule has 2 aromatic rings. The number of benzene rings is 1. The number of anilines is 1. The molecule has 24 heavy (non-hydrogen) atoms. The van der Waals surface area contributed by atoms with Gasteiger partial charge in [-0.2, -0.15) is 4.68 Å². The SMILES string of the molecule is CC(C)c1cccc(C(C)C)c1NC(=O)Cn1ccc([N+](=O)[O-])n1. The van der Waals surface area contributed by atoms with E-state index in [0.29, 0.717) is 0 Å². The molecule has 128 valence electrons. The zero-order valence-corrected chi connectivity index (χ0v) is 14.3. The van der Waals surface area contributed by atoms with E-state index in [0.717, 1.165) is 16.8 Å². The van der Waals surface area contributed by atoms with Crippen molar-refractivity contribution >= 4 is 17.4 Å². The van der Waals surface area contributed by atoms with Gasteiger partial charge in [-0.25, -0.2) is 0 Å². The average Bonchev–Trinajstić information content (AvgIpc) is 2.95. The molecule has 1 aromatic heterocycles. The summed E-state index contributed by atoms with van der Waals surface area (Å²) in [6.45, 7) is 8.23. The molecule has 7 heteroatoms. The van der Waals surface area contributed by atoms with Crippen molar-refractivity contribution in [1.82, 2.24) is 9.78 Å². The van der Waals surface area contributed by atoms with Gasteiger partial charge in [-0.05, 0) is 27.9 Å². The number of nitrogens with one attached hydrogen (secondary N) is 1. The smallest absolute Gasteiger partial charge is 0.358 e. The Kier molecular flexibility index (Phi) is 5.33. The lowest BCUT2D eigenvalue weighted by Gasteiger charge is -2.20. The maximum absolute atomic E-state index is 12.4. The van der Waals surface area contributed by atoms with Crippen LogP contribution in [0, 0.1) is 10.1 Å². The molecule has 0 aliphatic carbocycles. The lowest BCUT2D eigenvalue weighted by atomic mass is 9.92. The Hall–Kier alpha value is -2.70. The van der Waals surface area contributed by atoms with Gasteiger partial charge in [-0.1, -0.05) is 45.9 Å². The summed E-state index contributed by atoms with van der Waals surface area (Å²) in [6, 6.07) is 7.28. The van der Waals surface area contributed by atoms with Crippen molar-refractivity contribution in [3.63, 3.8) is 0 Å². The zero-order chi connectivity index (χ0) is 17.9. The Morgan fingerprint density at radius 1 is 1.21 bits per heavy atom. The minimum absolute atomic E-state index is 0.0716. The number of hydrogen-bond donors (Lipinski definition) is 1. The Bertz CT molecular complexity index is 724. The maximum Gasteiger partial charge on any atom is 0.389 e. The van der Waals surface area contributed by atoms with Gasteiger partial charge in [-0.3, -0.25) is 4.79 Å². The van der Waals surface area contributed by atoms with E-state index in [2.05, 4.69) is 38.1 Å². The summed E-state index contributed by atoms with van der Waals surface area (Å²) in [4.78, 5) is 22.4. The number of rotatable bonds is 6. The van der Waals surface area contributed by atoms with E-state index in [1.54, 1.807) is 0 Å². The summed E-state index contributed by atoms with van der Waals surface area (Å²) in [5.41, 5.74) is 2.97. The molecule has 0 fully saturated rings. The van der Waals surface area contributed by atoms with Crippen LogP contribution < -0.4 is 5.32 Å². The summed E-state index contributed by atoms with van der Waals surface area (Å²) in [6.07, 6.45) is 1.43. The fourth-order valence-corrected chi connectivity index (χ4v) is 2.56. The Balaban J connectivity index is 2.22. The summed E-state index contributed by atoms with van der Waals surface area (Å²) in [7, 11) is 0. The van der Waals surface area contributed by atoms with Crippen molar-refractivity contribution in [3.05, 3.63) is 51.7 Å². The second kappa shape index (κ2) is 7.25. The van der Waals surface area contributed by atoms with Crippen molar-refractivity contribution in [2.45, 2.75) is 46.1 Å². The van der Waals surface area contributed by atoms with E-state index in [9.17, 15) is 14.9 Å². The number of nitro groups is 1. The van der Waals surface area contributed by atoms with Crippen LogP contribution in [-0.4, -0.2) is 20.6 Å². The molecule has 0 aliphatic heterocycles. The van der Waals surface area contributed by atoms with Crippen molar-refractivity contribution in [3.8, 4) is 0 Å². The summed E-state index contributed by atoms with van der Waals surface area (Å²) in [5.74, 6) is 0.00540. The van der Waals surface area contributed by atoms with Crippen molar-refractivity contribution in [2.75, 3.05) is 5.32 Å². The summed E-state index contributed by atoms with van der Waals surface area (Å²) >= 11 is 0. The van der Waals surface area contributed by atoms with Gasteiger partial charge in [0.25, 0.3) is 0 Å². The molecule has 1 N–H and O–H groups in total. The first-order valence-electron chi connectivity index (χ1n) is 7.90. The van der Waals surface area contributed by atoms with Crippen LogP contribution in [-0.2, 0) is 11.3 Å². The van der Waals surface area contributed by atoms with E-state index >= 15 is 0 Å². The van der Waals surface area contributed by atoms with Crippen molar-refractivity contribution in [2.24, 2.45) is 0 Å². The number of amides is 1. The predicted octanol–water partition coefficient (Wildman–Crippen LogP) is 3.68. The quantitative estimate of drug-likeness (QED) is 0.646. The van der Waals surface area contributed by atoms with Crippen LogP contribution in [0.25, 0.3) is 0 Å². The molecule has 2 rings (SSSR count). The van der Waals surface area contributed by atoms with Crippen LogP contribution in [0.15, 0.2) is 30.5 Å². The Labute approximate surface area is 140 Å². The van der Waals surface area contributed by atoms with Gasteiger partial charge in [0, 0.05) is 5.69 Å². The second-order valence-electron chi connectivity index (χ2n) is 6.30. The Morgan fingerprint density at radius 2 is 1.79 bits per heavy atom. The summed E-state index contributed by atoms with van der Waals surface area (Å²) < 4.78 is 1.26. The molecule has 0 aliphatic rings. The average molecular weight is 330 g/mol. The molecular formula is C17H22N4O3. The molecule has 0 saturated heterocycles. The van der Waals surface area contributed by atoms with Gasteiger partial charge in [0.15, 0.2) is 0 Å². The third-order valence-electron chi connectivity index (χ3n) is 3.76. The van der Waals surface area contributed by atoms with Gasteiger partial charge < -0.3 is 15.4 Å². The van der Waals surface area contributed by atoms with Crippen LogP contribution in [0.4, 0.5) is 11.5 Å². The first-order valence-corrected chi connectivity index (χ1v) is 7.90. The molecule has 0 bridgehead atoms. The molecule has 0 radical (unpaired) electrons. The topological polar surface area (TPSA) is 90.1 Å². The van der Waals surface area contributed by atoms with Crippen LogP contribution in [0.1, 0.15) is 50.7 Å². The molecule has 1 aromatic carbocycles. The maximum atomic E-state index is 12.4. The van der Waals surface area contributed by atoms with Gasteiger partial charge in [0.2, 0.25) is 5.91 Å². The van der Waals surface area contributed by atoms with Crippen LogP contribution in [0.3, 0.4) is 0 Å². The molecule has 0 spiro atoms. The van der Waals surface area contributed by atoms with Crippen molar-refractivity contribution < 1.29 is 9.72 Å². The molecule has 1 amide bonds. The van der Waals surface area contributed by atoms with E-state index in [1.807, 2.05) is 18.2 Å². The number of nitrogens with zero attached hydrogens (tertiary/aromatic N) is 3. The van der Waals surface area contributed by atoms with E-state index < -0.39 is 4.92 Å². The standard InChI is InChI=1S/C17H22N4O3/c1-11(2)13-6-5-7-14(12(3)4)17(13)18-16(22)10-20-9-8-15(19-20)21(23)24/h5-9,11-12H,10H2,1-4H3,(H,18,22). The lowest BCUT2D eigenvalue weighted by Crippen LogP contribution is -2.21. The number of aromatic nitrogens is 2. The third-order valence-corrected chi connectivity index (χ3v) is 3.76. The van der Waals surface area contributed by atoms with Crippen LogP contribution >= 0.6 is 0 Å². The number of hydrogen-bond acceptors (Lipinski definition) is 4. The van der Waals surface area contributed by atoms with Crippen LogP contribution in [0.5, 0.6) is 0 Å². The largest absolute Gasteiger partial charge is 0.389 e. The molecule has 0 unspecified atom stereocenters. The molecular weight excluding hydrogens is 308 g/mol. The number of carbonyl (C=O) groups is 1. The first kappa shape index (κ1) is 17.7. The second-order valence-corrected chi connectivity index (χ2v) is 6.30. The van der Waals surface area contributed by atoms with Crippen molar-refractivity contribution in [1.29, 1.82) is 0 Å². The minimum Gasteiger partial charge on any atom is -0.358 e. The molecule has 1 heterocycles. The monoisotopic (exact) mass is 330 g/mol. The fourth-order valence-electron chi connectivity index (χ4n) is 2.56. The predicted molar refractivity (Wildman–Crippen MR) is 92.1 cm³/mol. The van der Waals surface area contributed by atoms with Gasteiger partial charge in [0.05, 0.1) is 17.4 Å². The first-order chi connectivity index (χ1) is 11.3. The summed E-state index contributed by atoms with van der Waals surface area (Å²) in [5, 5.41) is 17.4. The number of carbonyl (C=O) groups excluding carboxylic acids is 1. The van der Waals surface area contributed by atoms with E-state index in [-0.39, 0.29) is 30.1 Å². The van der Waals surface area contributed by atoms with Gasteiger partial charge >= 0.3 is 5.82 Å². The van der Waals surface area contributed by atoms with Gasteiger partial charge in [-0.15, -0.1) is 0 Å². The third kappa shape index (κ3) is 3.98. The number of para-hydroxylation sites is 1. The fraction of sp³-hybridized carbons (Fsp3) is 0.412. The molecule has 0 saturated carbocycles.